The lowest BCUT2D eigenvalue weighted by atomic mass is 9.94. The summed E-state index contributed by atoms with van der Waals surface area (Å²) < 4.78 is 43.4. The third-order valence-corrected chi connectivity index (χ3v) is 5.58. The van der Waals surface area contributed by atoms with Crippen molar-refractivity contribution in [3.63, 3.8) is 0 Å². The van der Waals surface area contributed by atoms with Crippen molar-refractivity contribution >= 4 is 29.1 Å². The molecule has 2 N–H and O–H groups in total. The lowest BCUT2D eigenvalue weighted by Gasteiger charge is -2.30. The molecule has 0 aliphatic carbocycles. The fourth-order valence-corrected chi connectivity index (χ4v) is 4.05. The van der Waals surface area contributed by atoms with E-state index in [-0.39, 0.29) is 21.7 Å². The van der Waals surface area contributed by atoms with Crippen molar-refractivity contribution in [2.45, 2.75) is 12.8 Å². The Morgan fingerprint density at radius 3 is 2.48 bits per heavy atom. The molecule has 0 saturated carbocycles. The molecule has 0 spiro atoms. The van der Waals surface area contributed by atoms with Gasteiger partial charge in [0.15, 0.2) is 0 Å². The number of benzene rings is 3. The summed E-state index contributed by atoms with van der Waals surface area (Å²) in [6, 6.07) is 10.5. The third-order valence-electron chi connectivity index (χ3n) is 5.27. The first kappa shape index (κ1) is 20.9. The maximum absolute atomic E-state index is 14.8. The molecule has 1 heterocycles. The number of fused-ring (bicyclic) bond motifs is 1. The summed E-state index contributed by atoms with van der Waals surface area (Å²) in [5.74, 6) is -4.22. The van der Waals surface area contributed by atoms with Gasteiger partial charge in [-0.1, -0.05) is 23.7 Å². The molecule has 2 amide bonds. The Hall–Kier alpha value is -3.32. The van der Waals surface area contributed by atoms with E-state index in [0.717, 1.165) is 18.2 Å². The van der Waals surface area contributed by atoms with Gasteiger partial charge in [0.1, 0.15) is 17.5 Å². The Bertz CT molecular complexity index is 1210. The molecule has 0 bridgehead atoms. The van der Waals surface area contributed by atoms with Gasteiger partial charge in [0, 0.05) is 12.2 Å². The largest absolute Gasteiger partial charge is 0.366 e. The summed E-state index contributed by atoms with van der Waals surface area (Å²) in [6.45, 7) is 0.343. The lowest BCUT2D eigenvalue weighted by molar-refractivity contribution is 0.0977. The number of carbonyl (C=O) groups is 2. The van der Waals surface area contributed by atoms with Crippen LogP contribution in [0.25, 0.3) is 11.1 Å². The van der Waals surface area contributed by atoms with Gasteiger partial charge in [-0.15, -0.1) is 0 Å². The number of halogens is 4. The molecule has 158 valence electrons. The Labute approximate surface area is 181 Å². The number of rotatable bonds is 3. The van der Waals surface area contributed by atoms with Crippen LogP contribution in [-0.4, -0.2) is 18.4 Å². The summed E-state index contributed by atoms with van der Waals surface area (Å²) in [7, 11) is 0. The van der Waals surface area contributed by atoms with E-state index in [4.69, 9.17) is 17.3 Å². The maximum atomic E-state index is 14.8. The topological polar surface area (TPSA) is 63.4 Å². The van der Waals surface area contributed by atoms with Crippen molar-refractivity contribution in [2.24, 2.45) is 5.73 Å². The van der Waals surface area contributed by atoms with Gasteiger partial charge in [0.25, 0.3) is 11.8 Å². The molecule has 3 aromatic carbocycles. The zero-order valence-electron chi connectivity index (χ0n) is 16.1. The van der Waals surface area contributed by atoms with E-state index in [1.165, 1.54) is 23.1 Å². The van der Waals surface area contributed by atoms with Crippen molar-refractivity contribution in [1.82, 2.24) is 0 Å². The standard InChI is InChI=1S/C23H16ClF3N2O2/c24-15-4-1-5-16(25)20(15)23(31)29-10-2-3-12-11-13(6-9-18(12)29)19-17(26)8-7-14(21(19)27)22(28)30/h1,4-9,11H,2-3,10H2,(H2,28,30). The first-order valence-electron chi connectivity index (χ1n) is 9.46. The highest BCUT2D eigenvalue weighted by molar-refractivity contribution is 6.34. The minimum Gasteiger partial charge on any atom is -0.366 e. The van der Waals surface area contributed by atoms with E-state index in [2.05, 4.69) is 0 Å². The van der Waals surface area contributed by atoms with Gasteiger partial charge in [-0.3, -0.25) is 9.59 Å². The number of nitrogens with two attached hydrogens (primary N) is 1. The smallest absolute Gasteiger partial charge is 0.262 e. The molecule has 0 atom stereocenters. The van der Waals surface area contributed by atoms with Gasteiger partial charge in [0.2, 0.25) is 0 Å². The third kappa shape index (κ3) is 3.65. The number of aryl methyl sites for hydroxylation is 1. The molecule has 3 aromatic rings. The number of hydrogen-bond donors (Lipinski definition) is 1. The molecule has 0 aromatic heterocycles. The molecule has 8 heteroatoms. The van der Waals surface area contributed by atoms with E-state index in [9.17, 15) is 22.8 Å². The first-order chi connectivity index (χ1) is 14.8. The monoisotopic (exact) mass is 444 g/mol. The van der Waals surface area contributed by atoms with Crippen LogP contribution in [0.1, 0.15) is 32.7 Å². The maximum Gasteiger partial charge on any atom is 0.262 e. The van der Waals surface area contributed by atoms with E-state index in [1.54, 1.807) is 12.1 Å². The Balaban J connectivity index is 1.78. The van der Waals surface area contributed by atoms with Crippen LogP contribution in [-0.2, 0) is 6.42 Å². The van der Waals surface area contributed by atoms with Gasteiger partial charge < -0.3 is 10.6 Å². The van der Waals surface area contributed by atoms with Crippen LogP contribution in [0, 0.1) is 17.5 Å². The summed E-state index contributed by atoms with van der Waals surface area (Å²) in [5.41, 5.74) is 5.52. The average molecular weight is 445 g/mol. The summed E-state index contributed by atoms with van der Waals surface area (Å²) >= 11 is 6.04. The van der Waals surface area contributed by atoms with E-state index >= 15 is 0 Å². The van der Waals surface area contributed by atoms with E-state index in [0.29, 0.717) is 30.6 Å². The summed E-state index contributed by atoms with van der Waals surface area (Å²) in [4.78, 5) is 25.9. The predicted molar refractivity (Wildman–Crippen MR) is 112 cm³/mol. The molecule has 1 aliphatic rings. The molecule has 0 saturated heterocycles. The Kier molecular flexibility index (Phi) is 5.45. The van der Waals surface area contributed by atoms with Crippen molar-refractivity contribution in [3.8, 4) is 11.1 Å². The average Bonchev–Trinajstić information content (AvgIpc) is 2.72. The number of nitrogens with zero attached hydrogens (tertiary/aromatic N) is 1. The Morgan fingerprint density at radius 2 is 1.77 bits per heavy atom. The van der Waals surface area contributed by atoms with Crippen LogP contribution < -0.4 is 10.6 Å². The van der Waals surface area contributed by atoms with Crippen molar-refractivity contribution in [1.29, 1.82) is 0 Å². The van der Waals surface area contributed by atoms with Crippen LogP contribution in [0.5, 0.6) is 0 Å². The fourth-order valence-electron chi connectivity index (χ4n) is 3.81. The number of anilines is 1. The molecule has 4 nitrogen and oxygen atoms in total. The SMILES string of the molecule is NC(=O)c1ccc(F)c(-c2ccc3c(c2)CCCN3C(=O)c2c(F)cccc2Cl)c1F. The zero-order chi connectivity index (χ0) is 22.3. The molecule has 4 rings (SSSR count). The number of carbonyl (C=O) groups excluding carboxylic acids is 2. The minimum absolute atomic E-state index is 0.00107. The predicted octanol–water partition coefficient (Wildman–Crippen LogP) is 5.12. The fraction of sp³-hybridized carbons (Fsp3) is 0.130. The van der Waals surface area contributed by atoms with Crippen LogP contribution in [0.3, 0.4) is 0 Å². The van der Waals surface area contributed by atoms with E-state index < -0.39 is 34.8 Å². The highest BCUT2D eigenvalue weighted by atomic mass is 35.5. The van der Waals surface area contributed by atoms with Crippen LogP contribution in [0.15, 0.2) is 48.5 Å². The van der Waals surface area contributed by atoms with Gasteiger partial charge >= 0.3 is 0 Å². The number of amides is 2. The molecule has 0 unspecified atom stereocenters. The molecule has 0 radical (unpaired) electrons. The van der Waals surface area contributed by atoms with Gasteiger partial charge in [-0.2, -0.15) is 0 Å². The lowest BCUT2D eigenvalue weighted by Crippen LogP contribution is -2.36. The highest BCUT2D eigenvalue weighted by Crippen LogP contribution is 2.36. The molecule has 31 heavy (non-hydrogen) atoms. The van der Waals surface area contributed by atoms with E-state index in [1.807, 2.05) is 0 Å². The highest BCUT2D eigenvalue weighted by Gasteiger charge is 2.28. The minimum atomic E-state index is -1.05. The second-order valence-electron chi connectivity index (χ2n) is 7.15. The molecule has 1 aliphatic heterocycles. The molecular formula is C23H16ClF3N2O2. The molecular weight excluding hydrogens is 429 g/mol. The second-order valence-corrected chi connectivity index (χ2v) is 7.56. The quantitative estimate of drug-likeness (QED) is 0.609. The summed E-state index contributed by atoms with van der Waals surface area (Å²) in [6.07, 6.45) is 1.12. The number of hydrogen-bond acceptors (Lipinski definition) is 2. The second kappa shape index (κ2) is 8.07. The molecule has 0 fully saturated rings. The van der Waals surface area contributed by atoms with Crippen molar-refractivity contribution in [3.05, 3.63) is 87.7 Å². The van der Waals surface area contributed by atoms with Gasteiger partial charge in [-0.25, -0.2) is 13.2 Å². The van der Waals surface area contributed by atoms with Gasteiger partial charge in [0.05, 0.1) is 21.7 Å². The van der Waals surface area contributed by atoms with Crippen LogP contribution >= 0.6 is 11.6 Å². The zero-order valence-corrected chi connectivity index (χ0v) is 16.8. The first-order valence-corrected chi connectivity index (χ1v) is 9.84. The Morgan fingerprint density at radius 1 is 1.00 bits per heavy atom. The normalized spacial score (nSPS) is 13.1. The van der Waals surface area contributed by atoms with Crippen LogP contribution in [0.4, 0.5) is 18.9 Å². The van der Waals surface area contributed by atoms with Crippen molar-refractivity contribution < 1.29 is 22.8 Å². The summed E-state index contributed by atoms with van der Waals surface area (Å²) in [5, 5.41) is 0.00107. The van der Waals surface area contributed by atoms with Crippen molar-refractivity contribution in [2.75, 3.05) is 11.4 Å². The van der Waals surface area contributed by atoms with Gasteiger partial charge in [-0.05, 0) is 60.4 Å². The van der Waals surface area contributed by atoms with Crippen LogP contribution in [0.2, 0.25) is 5.02 Å². The number of primary amides is 1.